The van der Waals surface area contributed by atoms with Crippen LogP contribution in [0.1, 0.15) is 16.7 Å². The van der Waals surface area contributed by atoms with Crippen molar-refractivity contribution < 1.29 is 54.2 Å². The van der Waals surface area contributed by atoms with Gasteiger partial charge in [0.1, 0.15) is 5.75 Å². The average Bonchev–Trinajstić information content (AvgIpc) is 2.77. The van der Waals surface area contributed by atoms with Crippen molar-refractivity contribution in [2.24, 2.45) is 0 Å². The first-order valence-electron chi connectivity index (χ1n) is 9.52. The zero-order valence-electron chi connectivity index (χ0n) is 17.6. The average molecular weight is 472 g/mol. The minimum atomic E-state index is -2.37. The molecule has 0 fully saturated rings. The van der Waals surface area contributed by atoms with E-state index in [4.69, 9.17) is 0 Å². The van der Waals surface area contributed by atoms with Crippen LogP contribution in [0.15, 0.2) is 48.6 Å². The molecular formula is C23H20O11. The number of rotatable bonds is 9. The molecule has 11 nitrogen and oxygen atoms in total. The lowest BCUT2D eigenvalue weighted by Crippen LogP contribution is -2.45. The lowest BCUT2D eigenvalue weighted by atomic mass is 10.1. The Morgan fingerprint density at radius 1 is 0.706 bits per heavy atom. The van der Waals surface area contributed by atoms with Crippen LogP contribution in [-0.4, -0.2) is 61.6 Å². The third-order valence-corrected chi connectivity index (χ3v) is 4.30. The Labute approximate surface area is 192 Å². The van der Waals surface area contributed by atoms with Crippen LogP contribution in [0, 0.1) is 6.92 Å². The van der Waals surface area contributed by atoms with Crippen LogP contribution in [0.3, 0.4) is 0 Å². The number of carbonyl (C=O) groups excluding carboxylic acids is 2. The predicted molar refractivity (Wildman–Crippen MR) is 116 cm³/mol. The van der Waals surface area contributed by atoms with Gasteiger partial charge < -0.3 is 35.0 Å². The summed E-state index contributed by atoms with van der Waals surface area (Å²) in [6.45, 7) is 1.66. The van der Waals surface area contributed by atoms with Crippen molar-refractivity contribution in [3.8, 4) is 17.2 Å². The zero-order valence-corrected chi connectivity index (χ0v) is 17.6. The standard InChI is InChI=1S/C23H20O11/c1-12-2-3-13(10-16(12)25)5-8-18(27)33-20(22(29)30)21(23(31)32)34-19(28)9-6-14-4-7-15(24)17(26)11-14/h2-11,20-21,24-26H,1H3,(H,29,30)(H,31,32)/b8-5+,9-6+. The number of carboxylic acids is 2. The predicted octanol–water partition coefficient (Wildman–Crippen LogP) is 1.83. The molecule has 5 N–H and O–H groups in total. The van der Waals surface area contributed by atoms with E-state index >= 15 is 0 Å². The molecular weight excluding hydrogens is 452 g/mol. The second-order valence-corrected chi connectivity index (χ2v) is 6.85. The van der Waals surface area contributed by atoms with E-state index in [1.165, 1.54) is 18.2 Å². The van der Waals surface area contributed by atoms with Crippen LogP contribution in [0.5, 0.6) is 17.2 Å². The van der Waals surface area contributed by atoms with Crippen LogP contribution in [-0.2, 0) is 28.7 Å². The number of ether oxygens (including phenoxy) is 2. The number of esters is 2. The van der Waals surface area contributed by atoms with E-state index in [0.717, 1.165) is 30.4 Å². The summed E-state index contributed by atoms with van der Waals surface area (Å²) in [5.74, 6) is -7.15. The SMILES string of the molecule is Cc1ccc(/C=C/C(=O)OC(C(=O)O)C(OC(=O)/C=C/c2ccc(O)c(O)c2)C(=O)O)cc1O. The van der Waals surface area contributed by atoms with Gasteiger partial charge in [0.05, 0.1) is 0 Å². The van der Waals surface area contributed by atoms with Crippen LogP contribution in [0.4, 0.5) is 0 Å². The molecule has 2 unspecified atom stereocenters. The van der Waals surface area contributed by atoms with E-state index in [9.17, 15) is 44.7 Å². The highest BCUT2D eigenvalue weighted by molar-refractivity contribution is 5.93. The van der Waals surface area contributed by atoms with Crippen molar-refractivity contribution >= 4 is 36.0 Å². The third-order valence-electron chi connectivity index (χ3n) is 4.30. The Bertz CT molecular complexity index is 1070. The lowest BCUT2D eigenvalue weighted by molar-refractivity contribution is -0.183. The summed E-state index contributed by atoms with van der Waals surface area (Å²) in [5, 5.41) is 47.0. The Balaban J connectivity index is 2.11. The van der Waals surface area contributed by atoms with Gasteiger partial charge in [0.25, 0.3) is 0 Å². The summed E-state index contributed by atoms with van der Waals surface area (Å²) < 4.78 is 9.32. The molecule has 2 aromatic rings. The molecule has 0 aliphatic rings. The number of carboxylic acid groups (broad SMARTS) is 2. The number of carbonyl (C=O) groups is 4. The van der Waals surface area contributed by atoms with Gasteiger partial charge in [0.15, 0.2) is 11.5 Å². The highest BCUT2D eigenvalue weighted by Crippen LogP contribution is 2.25. The third kappa shape index (κ3) is 7.12. The lowest BCUT2D eigenvalue weighted by Gasteiger charge is -2.19. The monoisotopic (exact) mass is 472 g/mol. The topological polar surface area (TPSA) is 188 Å². The molecule has 178 valence electrons. The van der Waals surface area contributed by atoms with Crippen molar-refractivity contribution in [2.75, 3.05) is 0 Å². The molecule has 0 amide bonds. The van der Waals surface area contributed by atoms with E-state index in [1.807, 2.05) is 0 Å². The molecule has 0 saturated heterocycles. The van der Waals surface area contributed by atoms with Gasteiger partial charge in [-0.05, 0) is 54.0 Å². The normalized spacial score (nSPS) is 12.9. The van der Waals surface area contributed by atoms with Crippen molar-refractivity contribution in [3.05, 3.63) is 65.2 Å². The molecule has 0 saturated carbocycles. The van der Waals surface area contributed by atoms with Crippen molar-refractivity contribution in [2.45, 2.75) is 19.1 Å². The zero-order chi connectivity index (χ0) is 25.4. The van der Waals surface area contributed by atoms with Crippen molar-refractivity contribution in [3.63, 3.8) is 0 Å². The molecule has 0 aromatic heterocycles. The summed E-state index contributed by atoms with van der Waals surface area (Å²) in [6.07, 6.45) is -0.843. The molecule has 11 heteroatoms. The van der Waals surface area contributed by atoms with Gasteiger partial charge in [0.2, 0.25) is 12.2 Å². The van der Waals surface area contributed by atoms with Gasteiger partial charge in [-0.2, -0.15) is 0 Å². The summed E-state index contributed by atoms with van der Waals surface area (Å²) in [4.78, 5) is 47.1. The summed E-state index contributed by atoms with van der Waals surface area (Å²) in [7, 11) is 0. The molecule has 2 rings (SSSR count). The number of phenols is 3. The van der Waals surface area contributed by atoms with Crippen molar-refractivity contribution in [1.29, 1.82) is 0 Å². The molecule has 0 spiro atoms. The van der Waals surface area contributed by atoms with Gasteiger partial charge in [-0.3, -0.25) is 0 Å². The number of aromatic hydroxyl groups is 3. The maximum Gasteiger partial charge on any atom is 0.349 e. The smallest absolute Gasteiger partial charge is 0.349 e. The van der Waals surface area contributed by atoms with Crippen LogP contribution in [0.25, 0.3) is 12.2 Å². The van der Waals surface area contributed by atoms with Crippen LogP contribution in [0.2, 0.25) is 0 Å². The second kappa shape index (κ2) is 11.2. The minimum Gasteiger partial charge on any atom is -0.508 e. The number of hydrogen-bond acceptors (Lipinski definition) is 9. The van der Waals surface area contributed by atoms with Gasteiger partial charge in [-0.1, -0.05) is 18.2 Å². The molecule has 2 aromatic carbocycles. The number of benzene rings is 2. The van der Waals surface area contributed by atoms with E-state index in [0.29, 0.717) is 11.1 Å². The first kappa shape index (κ1) is 25.5. The summed E-state index contributed by atoms with van der Waals surface area (Å²) >= 11 is 0. The van der Waals surface area contributed by atoms with Gasteiger partial charge in [0, 0.05) is 12.2 Å². The highest BCUT2D eigenvalue weighted by atomic mass is 16.6. The minimum absolute atomic E-state index is 0.0349. The Kier molecular flexibility index (Phi) is 8.37. The number of phenolic OH excluding ortho intramolecular Hbond substituents is 3. The molecule has 0 bridgehead atoms. The second-order valence-electron chi connectivity index (χ2n) is 6.85. The molecule has 0 aliphatic carbocycles. The Morgan fingerprint density at radius 3 is 1.56 bits per heavy atom. The molecule has 0 aliphatic heterocycles. The molecule has 0 heterocycles. The van der Waals surface area contributed by atoms with Gasteiger partial charge >= 0.3 is 23.9 Å². The first-order valence-corrected chi connectivity index (χ1v) is 9.52. The van der Waals surface area contributed by atoms with E-state index in [2.05, 4.69) is 9.47 Å². The van der Waals surface area contributed by atoms with Gasteiger partial charge in [-0.25, -0.2) is 19.2 Å². The van der Waals surface area contributed by atoms with Gasteiger partial charge in [-0.15, -0.1) is 0 Å². The van der Waals surface area contributed by atoms with Crippen LogP contribution < -0.4 is 0 Å². The number of hydrogen-bond donors (Lipinski definition) is 5. The number of aryl methyl sites for hydroxylation is 1. The molecule has 0 radical (unpaired) electrons. The first-order chi connectivity index (χ1) is 16.0. The van der Waals surface area contributed by atoms with E-state index in [-0.39, 0.29) is 11.3 Å². The van der Waals surface area contributed by atoms with Crippen molar-refractivity contribution in [1.82, 2.24) is 0 Å². The summed E-state index contributed by atoms with van der Waals surface area (Å²) in [6, 6.07) is 8.07. The molecule has 2 atom stereocenters. The maximum atomic E-state index is 12.0. The van der Waals surface area contributed by atoms with E-state index < -0.39 is 47.6 Å². The maximum absolute atomic E-state index is 12.0. The molecule has 34 heavy (non-hydrogen) atoms. The Hall–Kier alpha value is -4.80. The number of aliphatic carboxylic acids is 2. The fraction of sp³-hybridized carbons (Fsp3) is 0.130. The van der Waals surface area contributed by atoms with E-state index in [1.54, 1.807) is 19.1 Å². The highest BCUT2D eigenvalue weighted by Gasteiger charge is 2.40. The Morgan fingerprint density at radius 2 is 1.15 bits per heavy atom. The largest absolute Gasteiger partial charge is 0.508 e. The fourth-order valence-corrected chi connectivity index (χ4v) is 2.52. The summed E-state index contributed by atoms with van der Waals surface area (Å²) in [5.41, 5.74) is 1.22. The fourth-order valence-electron chi connectivity index (χ4n) is 2.52. The van der Waals surface area contributed by atoms with Crippen LogP contribution >= 0.6 is 0 Å². The quantitative estimate of drug-likeness (QED) is 0.203.